The Morgan fingerprint density at radius 1 is 0.909 bits per heavy atom. The quantitative estimate of drug-likeness (QED) is 0.522. The fourth-order valence-corrected chi connectivity index (χ4v) is 0.938. The average Bonchev–Trinajstić information content (AvgIpc) is 1.88. The molecule has 0 aliphatic rings. The fourth-order valence-electron chi connectivity index (χ4n) is 0.938. The van der Waals surface area contributed by atoms with E-state index in [2.05, 4.69) is 51.1 Å². The second-order valence-electron chi connectivity index (χ2n) is 3.62. The Kier molecular flexibility index (Phi) is 3.75. The Bertz CT molecular complexity index is 196. The summed E-state index contributed by atoms with van der Waals surface area (Å²) in [6.07, 6.45) is 0. The summed E-state index contributed by atoms with van der Waals surface area (Å²) in [7, 11) is 0. The summed E-state index contributed by atoms with van der Waals surface area (Å²) in [5.41, 5.74) is 1.69. The van der Waals surface area contributed by atoms with Gasteiger partial charge in [-0.1, -0.05) is 51.1 Å². The van der Waals surface area contributed by atoms with Crippen molar-refractivity contribution in [3.8, 4) is 0 Å². The lowest BCUT2D eigenvalue weighted by molar-refractivity contribution is 0.590. The zero-order valence-electron chi connectivity index (χ0n) is 7.59. The average molecular weight is 168 g/mol. The van der Waals surface area contributed by atoms with Crippen molar-refractivity contribution in [2.24, 2.45) is 0 Å². The van der Waals surface area contributed by atoms with Gasteiger partial charge in [-0.15, -0.1) is 0 Å². The van der Waals surface area contributed by atoms with Gasteiger partial charge >= 0.3 is 0 Å². The van der Waals surface area contributed by atoms with Crippen LogP contribution in [0.3, 0.4) is 0 Å². The largest absolute Gasteiger partial charge is 0.153 e. The van der Waals surface area contributed by atoms with Gasteiger partial charge in [0, 0.05) is 0 Å². The summed E-state index contributed by atoms with van der Waals surface area (Å²) < 4.78 is 0. The van der Waals surface area contributed by atoms with E-state index in [-0.39, 0.29) is 9.90 Å². The molecule has 0 radical (unpaired) electrons. The topological polar surface area (TPSA) is 0 Å². The molecule has 0 saturated carbocycles. The fraction of sp³-hybridized carbons (Fsp3) is 0.400. The molecule has 0 aromatic heterocycles. The molecule has 1 aromatic carbocycles. The van der Waals surface area contributed by atoms with Crippen LogP contribution in [0.4, 0.5) is 0 Å². The van der Waals surface area contributed by atoms with Crippen LogP contribution in [0.5, 0.6) is 0 Å². The van der Waals surface area contributed by atoms with Gasteiger partial charge in [0.15, 0.2) is 0 Å². The van der Waals surface area contributed by atoms with Crippen molar-refractivity contribution >= 4 is 9.90 Å². The smallest absolute Gasteiger partial charge is 0.0132 e. The van der Waals surface area contributed by atoms with Crippen molar-refractivity contribution in [3.63, 3.8) is 0 Å². The first-order valence-electron chi connectivity index (χ1n) is 3.66. The van der Waals surface area contributed by atoms with Crippen LogP contribution in [-0.2, 0) is 5.41 Å². The molecule has 0 bridgehead atoms. The molecule has 0 aliphatic carbocycles. The van der Waals surface area contributed by atoms with Crippen LogP contribution in [0, 0.1) is 0 Å². The molecule has 0 heterocycles. The van der Waals surface area contributed by atoms with E-state index in [1.54, 1.807) is 0 Å². The normalized spacial score (nSPS) is 10.5. The standard InChI is InChI=1S/C10H14.H3P/c1-10(2,3)9-7-5-4-6-8-9;/h4-8H,1-3H3;1H3. The number of rotatable bonds is 0. The molecule has 1 unspecified atom stereocenters. The van der Waals surface area contributed by atoms with Crippen LogP contribution in [0.2, 0.25) is 0 Å². The van der Waals surface area contributed by atoms with Gasteiger partial charge in [-0.2, -0.15) is 9.90 Å². The van der Waals surface area contributed by atoms with Crippen molar-refractivity contribution in [1.82, 2.24) is 0 Å². The van der Waals surface area contributed by atoms with E-state index >= 15 is 0 Å². The Morgan fingerprint density at radius 2 is 1.36 bits per heavy atom. The lowest BCUT2D eigenvalue weighted by Gasteiger charge is -2.18. The van der Waals surface area contributed by atoms with Crippen LogP contribution < -0.4 is 0 Å². The summed E-state index contributed by atoms with van der Waals surface area (Å²) in [5, 5.41) is 0. The maximum absolute atomic E-state index is 2.22. The van der Waals surface area contributed by atoms with Gasteiger partial charge < -0.3 is 0 Å². The van der Waals surface area contributed by atoms with Crippen molar-refractivity contribution in [2.75, 3.05) is 0 Å². The maximum Gasteiger partial charge on any atom is -0.0132 e. The van der Waals surface area contributed by atoms with Gasteiger partial charge in [0.1, 0.15) is 0 Å². The Balaban J connectivity index is 0.000001000. The van der Waals surface area contributed by atoms with E-state index in [9.17, 15) is 0 Å². The minimum absolute atomic E-state index is 0. The second-order valence-corrected chi connectivity index (χ2v) is 3.62. The lowest BCUT2D eigenvalue weighted by Crippen LogP contribution is -2.10. The summed E-state index contributed by atoms with van der Waals surface area (Å²) in [5.74, 6) is 0. The van der Waals surface area contributed by atoms with E-state index in [1.807, 2.05) is 0 Å². The van der Waals surface area contributed by atoms with Crippen LogP contribution in [-0.4, -0.2) is 0 Å². The highest BCUT2D eigenvalue weighted by Gasteiger charge is 2.11. The zero-order valence-corrected chi connectivity index (χ0v) is 9.01. The van der Waals surface area contributed by atoms with Crippen molar-refractivity contribution in [1.29, 1.82) is 0 Å². The summed E-state index contributed by atoms with van der Waals surface area (Å²) in [6, 6.07) is 10.6. The van der Waals surface area contributed by atoms with E-state index in [1.165, 1.54) is 5.56 Å². The molecule has 0 saturated heterocycles. The molecule has 0 N–H and O–H groups in total. The number of hydrogen-bond acceptors (Lipinski definition) is 0. The SMILES string of the molecule is CC(C)(C)c1ccccc1.P. The molecular weight excluding hydrogens is 151 g/mol. The third-order valence-corrected chi connectivity index (χ3v) is 1.64. The van der Waals surface area contributed by atoms with E-state index in [0.29, 0.717) is 5.41 Å². The third kappa shape index (κ3) is 3.03. The third-order valence-electron chi connectivity index (χ3n) is 1.64. The summed E-state index contributed by atoms with van der Waals surface area (Å²) in [4.78, 5) is 0. The Hall–Kier alpha value is -0.350. The first kappa shape index (κ1) is 10.7. The molecule has 0 nitrogen and oxygen atoms in total. The van der Waals surface area contributed by atoms with Crippen LogP contribution >= 0.6 is 9.90 Å². The van der Waals surface area contributed by atoms with Crippen molar-refractivity contribution < 1.29 is 0 Å². The molecular formula is C10H17P. The van der Waals surface area contributed by atoms with Gasteiger partial charge in [0.2, 0.25) is 0 Å². The highest BCUT2D eigenvalue weighted by atomic mass is 31.0. The first-order chi connectivity index (χ1) is 4.61. The summed E-state index contributed by atoms with van der Waals surface area (Å²) in [6.45, 7) is 6.67. The van der Waals surface area contributed by atoms with Gasteiger partial charge in [0.05, 0.1) is 0 Å². The highest BCUT2D eigenvalue weighted by molar-refractivity contribution is 6.92. The minimum Gasteiger partial charge on any atom is -0.153 e. The first-order valence-corrected chi connectivity index (χ1v) is 3.66. The maximum atomic E-state index is 2.22. The Morgan fingerprint density at radius 3 is 1.64 bits per heavy atom. The molecule has 62 valence electrons. The highest BCUT2D eigenvalue weighted by Crippen LogP contribution is 2.20. The Labute approximate surface area is 72.6 Å². The van der Waals surface area contributed by atoms with Crippen LogP contribution in [0.25, 0.3) is 0 Å². The molecule has 0 amide bonds. The molecule has 1 aromatic rings. The van der Waals surface area contributed by atoms with Crippen molar-refractivity contribution in [3.05, 3.63) is 35.9 Å². The molecule has 0 spiro atoms. The molecule has 1 atom stereocenters. The number of hydrogen-bond donors (Lipinski definition) is 0. The molecule has 11 heavy (non-hydrogen) atoms. The van der Waals surface area contributed by atoms with Gasteiger partial charge in [0.25, 0.3) is 0 Å². The van der Waals surface area contributed by atoms with Crippen molar-refractivity contribution in [2.45, 2.75) is 26.2 Å². The van der Waals surface area contributed by atoms with E-state index < -0.39 is 0 Å². The summed E-state index contributed by atoms with van der Waals surface area (Å²) >= 11 is 0. The van der Waals surface area contributed by atoms with Gasteiger partial charge in [-0.3, -0.25) is 0 Å². The molecule has 0 fully saturated rings. The monoisotopic (exact) mass is 168 g/mol. The van der Waals surface area contributed by atoms with Gasteiger partial charge in [-0.05, 0) is 11.0 Å². The second kappa shape index (κ2) is 3.88. The van der Waals surface area contributed by atoms with E-state index in [4.69, 9.17) is 0 Å². The molecule has 1 rings (SSSR count). The molecule has 0 aliphatic heterocycles. The van der Waals surface area contributed by atoms with Crippen LogP contribution in [0.15, 0.2) is 30.3 Å². The predicted molar refractivity (Wildman–Crippen MR) is 56.2 cm³/mol. The van der Waals surface area contributed by atoms with E-state index in [0.717, 1.165) is 0 Å². The minimum atomic E-state index is 0. The molecule has 1 heteroatoms. The predicted octanol–water partition coefficient (Wildman–Crippen LogP) is 3.04. The lowest BCUT2D eigenvalue weighted by atomic mass is 9.87. The van der Waals surface area contributed by atoms with Gasteiger partial charge in [-0.25, -0.2) is 0 Å². The number of benzene rings is 1. The zero-order chi connectivity index (χ0) is 7.61. The van der Waals surface area contributed by atoms with Crippen LogP contribution in [0.1, 0.15) is 26.3 Å².